The van der Waals surface area contributed by atoms with Crippen molar-refractivity contribution in [1.82, 2.24) is 30.3 Å². The molecule has 71 heavy (non-hydrogen) atoms. The van der Waals surface area contributed by atoms with E-state index in [0.717, 1.165) is 97.2 Å². The largest absolute Gasteiger partial charge is 0.508 e. The summed E-state index contributed by atoms with van der Waals surface area (Å²) in [5, 5.41) is 27.7. The van der Waals surface area contributed by atoms with Crippen LogP contribution in [-0.2, 0) is 25.7 Å². The van der Waals surface area contributed by atoms with Gasteiger partial charge in [0, 0.05) is 66.3 Å². The monoisotopic (exact) mass is 1060 g/mol. The number of carbonyl (C=O) groups excluding carboxylic acids is 3. The van der Waals surface area contributed by atoms with Crippen molar-refractivity contribution in [3.63, 3.8) is 0 Å². The maximum atomic E-state index is 14.2. The van der Waals surface area contributed by atoms with Crippen molar-refractivity contribution in [3.05, 3.63) is 112 Å². The van der Waals surface area contributed by atoms with E-state index >= 15 is 0 Å². The van der Waals surface area contributed by atoms with Gasteiger partial charge in [0.15, 0.2) is 5.75 Å². The number of carbonyl (C=O) groups is 3. The summed E-state index contributed by atoms with van der Waals surface area (Å²) in [6.07, 6.45) is 1.30. The van der Waals surface area contributed by atoms with Gasteiger partial charge in [-0.3, -0.25) is 24.2 Å². The van der Waals surface area contributed by atoms with E-state index in [1.807, 2.05) is 112 Å². The lowest BCUT2D eigenvalue weighted by molar-refractivity contribution is -0.144. The van der Waals surface area contributed by atoms with Gasteiger partial charge in [-0.05, 0) is 96.5 Å². The number of fused-ring (bicyclic) bond motifs is 1. The number of piperidine rings is 1. The molecule has 0 radical (unpaired) electrons. The Morgan fingerprint density at radius 2 is 1.58 bits per heavy atom. The molecule has 0 saturated carbocycles. The molecule has 17 heteroatoms. The third kappa shape index (κ3) is 12.3. The van der Waals surface area contributed by atoms with Crippen LogP contribution in [0.3, 0.4) is 0 Å². The Morgan fingerprint density at radius 1 is 0.887 bits per heavy atom. The average molecular weight is 1070 g/mol. The molecule has 0 bridgehead atoms. The van der Waals surface area contributed by atoms with Crippen molar-refractivity contribution in [3.8, 4) is 43.9 Å². The van der Waals surface area contributed by atoms with Crippen LogP contribution in [0.1, 0.15) is 51.3 Å². The number of aliphatic hydroxyl groups is 1. The number of aromatic nitrogens is 1. The number of halogens is 1. The highest BCUT2D eigenvalue weighted by Crippen LogP contribution is 2.47. The van der Waals surface area contributed by atoms with Crippen LogP contribution in [0.5, 0.6) is 23.0 Å². The number of phenolic OH excluding ortho intramolecular Hbond substituents is 1. The molecule has 2 aromatic heterocycles. The molecule has 3 saturated heterocycles. The molecule has 14 nitrogen and oxygen atoms in total. The zero-order valence-electron chi connectivity index (χ0n) is 40.4. The molecular formula is C54H61BrN6O8S2. The zero-order chi connectivity index (χ0) is 49.8. The first-order valence-electron chi connectivity index (χ1n) is 24.2. The van der Waals surface area contributed by atoms with E-state index in [4.69, 9.17) is 14.2 Å². The molecule has 3 atom stereocenters. The van der Waals surface area contributed by atoms with Gasteiger partial charge in [-0.25, -0.2) is 4.98 Å². The minimum atomic E-state index is -0.881. The molecule has 0 unspecified atom stereocenters. The Morgan fingerprint density at radius 3 is 2.27 bits per heavy atom. The zero-order valence-corrected chi connectivity index (χ0v) is 43.7. The molecule has 4 aromatic carbocycles. The van der Waals surface area contributed by atoms with Crippen molar-refractivity contribution in [1.29, 1.82) is 0 Å². The van der Waals surface area contributed by atoms with E-state index in [1.165, 1.54) is 4.90 Å². The SMILES string of the molecule is Cc1ncsc1-c1ccc(CNC(=O)[C@@H]2C[C@@H](O)CN2C(=O)[C@@H](NC(=O)CN2CCC(N3CC(OCCOc4ccc(Oc5c(-c6ccc(Br)cc6)sc6cc(O)ccc56)cc4)C3)CC2)C(C)(C)C)cc1. The maximum absolute atomic E-state index is 14.2. The van der Waals surface area contributed by atoms with Gasteiger partial charge in [-0.1, -0.05) is 73.1 Å². The first kappa shape index (κ1) is 50.5. The van der Waals surface area contributed by atoms with E-state index in [0.29, 0.717) is 25.0 Å². The highest BCUT2D eigenvalue weighted by Gasteiger charge is 2.45. The first-order chi connectivity index (χ1) is 34.1. The molecule has 0 aliphatic carbocycles. The lowest BCUT2D eigenvalue weighted by Crippen LogP contribution is -2.60. The van der Waals surface area contributed by atoms with Gasteiger partial charge < -0.3 is 40.0 Å². The number of thiazole rings is 1. The summed E-state index contributed by atoms with van der Waals surface area (Å²) < 4.78 is 20.6. The fraction of sp³-hybridized carbons (Fsp3) is 0.407. The Hall–Kier alpha value is -5.40. The number of nitrogens with one attached hydrogen (secondary N) is 2. The number of aromatic hydroxyl groups is 1. The maximum Gasteiger partial charge on any atom is 0.246 e. The van der Waals surface area contributed by atoms with E-state index < -0.39 is 23.6 Å². The Bertz CT molecular complexity index is 2800. The minimum absolute atomic E-state index is 0.0245. The summed E-state index contributed by atoms with van der Waals surface area (Å²) in [5.74, 6) is 1.42. The fourth-order valence-electron chi connectivity index (χ4n) is 9.56. The molecular weight excluding hydrogens is 1000 g/mol. The van der Waals surface area contributed by atoms with Gasteiger partial charge in [-0.2, -0.15) is 0 Å². The molecule has 3 aliphatic heterocycles. The Labute approximate surface area is 431 Å². The normalized spacial score (nSPS) is 18.6. The molecule has 3 fully saturated rings. The van der Waals surface area contributed by atoms with E-state index in [2.05, 4.69) is 41.3 Å². The molecule has 0 spiro atoms. The number of nitrogens with zero attached hydrogens (tertiary/aromatic N) is 4. The number of ether oxygens (including phenoxy) is 3. The summed E-state index contributed by atoms with van der Waals surface area (Å²) in [7, 11) is 0. The number of amides is 3. The number of hydrogen-bond donors (Lipinski definition) is 4. The molecule has 4 N–H and O–H groups in total. The number of thiophene rings is 1. The van der Waals surface area contributed by atoms with Crippen molar-refractivity contribution < 1.29 is 38.8 Å². The second-order valence-corrected chi connectivity index (χ2v) is 22.6. The number of aryl methyl sites for hydroxylation is 1. The van der Waals surface area contributed by atoms with Crippen LogP contribution in [0.15, 0.2) is 101 Å². The van der Waals surface area contributed by atoms with Crippen LogP contribution in [0, 0.1) is 12.3 Å². The molecule has 3 aliphatic rings. The first-order valence-corrected chi connectivity index (χ1v) is 26.7. The Balaban J connectivity index is 0.680. The fourth-order valence-corrected chi connectivity index (χ4v) is 11.8. The molecule has 9 rings (SSSR count). The van der Waals surface area contributed by atoms with Gasteiger partial charge >= 0.3 is 0 Å². The van der Waals surface area contributed by atoms with Gasteiger partial charge in [0.25, 0.3) is 0 Å². The van der Waals surface area contributed by atoms with Crippen LogP contribution in [0.25, 0.3) is 31.0 Å². The van der Waals surface area contributed by atoms with Crippen LogP contribution >= 0.6 is 38.6 Å². The highest BCUT2D eigenvalue weighted by atomic mass is 79.9. The summed E-state index contributed by atoms with van der Waals surface area (Å²) in [6.45, 7) is 12.3. The van der Waals surface area contributed by atoms with Crippen molar-refractivity contribution in [2.24, 2.45) is 5.41 Å². The van der Waals surface area contributed by atoms with E-state index in [-0.39, 0.29) is 55.6 Å². The standard InChI is InChI=1S/C54H61BrN6O8S2/c1-33-49(70-32-57-33)35-7-5-34(6-8-35)27-56-52(65)45-25-40(63)28-61(45)53(66)51(54(2,3)4)58-47(64)31-59-21-19-38(20-22-59)60-29-43(30-60)68-24-23-67-41-14-16-42(17-15-41)69-48-44-18-13-39(62)26-46(44)71-50(48)36-9-11-37(55)12-10-36/h5-18,26,32,38,40,43,45,51,62-63H,19-25,27-31H2,1-4H3,(H,56,65)(H,58,64)/t40-,45+,51-/m1/s1. The van der Waals surface area contributed by atoms with E-state index in [1.54, 1.807) is 34.8 Å². The second-order valence-electron chi connectivity index (χ2n) is 19.8. The third-order valence-corrected chi connectivity index (χ3v) is 16.2. The number of likely N-dealkylation sites (tertiary alicyclic amines) is 3. The number of phenols is 1. The van der Waals surface area contributed by atoms with Gasteiger partial charge in [0.1, 0.15) is 35.9 Å². The van der Waals surface area contributed by atoms with Crippen molar-refractivity contribution in [2.75, 3.05) is 52.5 Å². The lowest BCUT2D eigenvalue weighted by atomic mass is 9.85. The predicted molar refractivity (Wildman–Crippen MR) is 281 cm³/mol. The lowest BCUT2D eigenvalue weighted by Gasteiger charge is -2.46. The van der Waals surface area contributed by atoms with Crippen LogP contribution in [0.2, 0.25) is 0 Å². The van der Waals surface area contributed by atoms with Crippen LogP contribution in [0.4, 0.5) is 0 Å². The summed E-state index contributed by atoms with van der Waals surface area (Å²) >= 11 is 6.68. The summed E-state index contributed by atoms with van der Waals surface area (Å²) in [5.41, 5.74) is 5.17. The van der Waals surface area contributed by atoms with E-state index in [9.17, 15) is 24.6 Å². The van der Waals surface area contributed by atoms with Gasteiger partial charge in [0.05, 0.1) is 46.3 Å². The smallest absolute Gasteiger partial charge is 0.246 e. The Kier molecular flexibility index (Phi) is 15.8. The van der Waals surface area contributed by atoms with Crippen LogP contribution < -0.4 is 20.1 Å². The summed E-state index contributed by atoms with van der Waals surface area (Å²) in [6, 6.07) is 27.6. The molecule has 3 amide bonds. The van der Waals surface area contributed by atoms with Gasteiger partial charge in [-0.15, -0.1) is 22.7 Å². The predicted octanol–water partition coefficient (Wildman–Crippen LogP) is 8.61. The quantitative estimate of drug-likeness (QED) is 0.0647. The molecule has 6 aromatic rings. The number of rotatable bonds is 17. The number of hydrogen-bond acceptors (Lipinski definition) is 13. The van der Waals surface area contributed by atoms with Crippen molar-refractivity contribution >= 4 is 66.4 Å². The molecule has 374 valence electrons. The third-order valence-electron chi connectivity index (χ3n) is 13.5. The minimum Gasteiger partial charge on any atom is -0.508 e. The van der Waals surface area contributed by atoms with Gasteiger partial charge in [0.2, 0.25) is 17.7 Å². The number of β-amino-alcohol motifs (C(OH)–C–C–N with tert-alkyl or cyclic N) is 1. The topological polar surface area (TPSA) is 166 Å². The summed E-state index contributed by atoms with van der Waals surface area (Å²) in [4.78, 5) is 53.7. The average Bonchev–Trinajstić information content (AvgIpc) is 4.06. The van der Waals surface area contributed by atoms with Crippen molar-refractivity contribution in [2.45, 2.75) is 83.8 Å². The number of aliphatic hydroxyl groups excluding tert-OH is 1. The molecule has 5 heterocycles. The van der Waals surface area contributed by atoms with Crippen LogP contribution in [-0.4, -0.2) is 130 Å². The number of benzene rings is 4. The second kappa shape index (κ2) is 22.2. The highest BCUT2D eigenvalue weighted by molar-refractivity contribution is 9.10.